The van der Waals surface area contributed by atoms with Crippen molar-refractivity contribution in [2.45, 2.75) is 6.54 Å². The van der Waals surface area contributed by atoms with Crippen LogP contribution in [-0.2, 0) is 11.3 Å². The summed E-state index contributed by atoms with van der Waals surface area (Å²) in [6, 6.07) is 12.5. The highest BCUT2D eigenvalue weighted by Crippen LogP contribution is 2.21. The first-order valence-electron chi connectivity index (χ1n) is 6.63. The molecular weight excluding hydrogens is 284 g/mol. The van der Waals surface area contributed by atoms with E-state index in [1.165, 1.54) is 24.3 Å². The number of hydrogen-bond acceptors (Lipinski definition) is 4. The number of nitrogens with two attached hydrogens (primary N) is 1. The van der Waals surface area contributed by atoms with Crippen LogP contribution in [0.15, 0.2) is 48.5 Å². The molecule has 1 amide bonds. The lowest BCUT2D eigenvalue weighted by Crippen LogP contribution is -2.35. The number of carboxylic acid groups (broad SMARTS) is 1. The summed E-state index contributed by atoms with van der Waals surface area (Å²) in [5.74, 6) is -1.53. The van der Waals surface area contributed by atoms with Crippen LogP contribution in [0.3, 0.4) is 0 Å². The maximum Gasteiger partial charge on any atom is 0.323 e. The Bertz CT molecular complexity index is 683. The number of aliphatic carboxylic acids is 1. The molecule has 22 heavy (non-hydrogen) atoms. The van der Waals surface area contributed by atoms with Gasteiger partial charge in [0.05, 0.1) is 0 Å². The molecule has 2 aromatic rings. The fraction of sp³-hybridized carbons (Fsp3) is 0.125. The third-order valence-corrected chi connectivity index (χ3v) is 3.11. The lowest BCUT2D eigenvalue weighted by Gasteiger charge is -2.21. The van der Waals surface area contributed by atoms with Gasteiger partial charge in [-0.05, 0) is 42.0 Å². The molecule has 0 spiro atoms. The van der Waals surface area contributed by atoms with Crippen molar-refractivity contribution in [2.24, 2.45) is 5.73 Å². The fourth-order valence-corrected chi connectivity index (χ4v) is 2.04. The third-order valence-electron chi connectivity index (χ3n) is 3.11. The van der Waals surface area contributed by atoms with Gasteiger partial charge in [-0.15, -0.1) is 0 Å². The molecule has 2 rings (SSSR count). The molecule has 0 saturated heterocycles. The molecule has 0 aliphatic heterocycles. The molecule has 114 valence electrons. The van der Waals surface area contributed by atoms with Crippen LogP contribution in [0.2, 0.25) is 0 Å². The average Bonchev–Trinajstić information content (AvgIpc) is 2.53. The second kappa shape index (κ2) is 6.73. The zero-order valence-corrected chi connectivity index (χ0v) is 11.8. The standard InChI is InChI=1S/C16H16N2O4/c17-9-11-2-1-3-12(8-11)16(22)18(10-15(20)21)13-4-6-14(19)7-5-13/h1-8,19H,9-10,17H2,(H,20,21). The van der Waals surface area contributed by atoms with Crippen molar-refractivity contribution in [3.8, 4) is 5.75 Å². The number of benzene rings is 2. The van der Waals surface area contributed by atoms with Gasteiger partial charge >= 0.3 is 5.97 Å². The van der Waals surface area contributed by atoms with E-state index in [9.17, 15) is 14.7 Å². The van der Waals surface area contributed by atoms with Gasteiger partial charge in [-0.2, -0.15) is 0 Å². The number of carbonyl (C=O) groups excluding carboxylic acids is 1. The van der Waals surface area contributed by atoms with Crippen molar-refractivity contribution in [3.05, 3.63) is 59.7 Å². The maximum atomic E-state index is 12.6. The van der Waals surface area contributed by atoms with E-state index in [4.69, 9.17) is 10.8 Å². The average molecular weight is 300 g/mol. The highest BCUT2D eigenvalue weighted by Gasteiger charge is 2.20. The highest BCUT2D eigenvalue weighted by atomic mass is 16.4. The molecular formula is C16H16N2O4. The predicted octanol–water partition coefficient (Wildman–Crippen LogP) is 1.58. The van der Waals surface area contributed by atoms with Crippen LogP contribution in [0.1, 0.15) is 15.9 Å². The summed E-state index contributed by atoms with van der Waals surface area (Å²) < 4.78 is 0. The van der Waals surface area contributed by atoms with Crippen LogP contribution in [0.4, 0.5) is 5.69 Å². The Hall–Kier alpha value is -2.86. The van der Waals surface area contributed by atoms with Gasteiger partial charge in [-0.25, -0.2) is 0 Å². The van der Waals surface area contributed by atoms with E-state index in [2.05, 4.69) is 0 Å². The molecule has 0 aromatic heterocycles. The monoisotopic (exact) mass is 300 g/mol. The van der Waals surface area contributed by atoms with Crippen molar-refractivity contribution in [1.29, 1.82) is 0 Å². The first kappa shape index (κ1) is 15.5. The zero-order valence-electron chi connectivity index (χ0n) is 11.8. The smallest absolute Gasteiger partial charge is 0.323 e. The predicted molar refractivity (Wildman–Crippen MR) is 81.8 cm³/mol. The van der Waals surface area contributed by atoms with E-state index < -0.39 is 18.4 Å². The number of aromatic hydroxyl groups is 1. The summed E-state index contributed by atoms with van der Waals surface area (Å²) in [5.41, 5.74) is 7.09. The maximum absolute atomic E-state index is 12.6. The van der Waals surface area contributed by atoms with Gasteiger partial charge in [-0.3, -0.25) is 14.5 Å². The molecule has 0 fully saturated rings. The SMILES string of the molecule is NCc1cccc(C(=O)N(CC(=O)O)c2ccc(O)cc2)c1. The Morgan fingerprint density at radius 3 is 2.36 bits per heavy atom. The number of anilines is 1. The molecule has 6 nitrogen and oxygen atoms in total. The molecule has 0 unspecified atom stereocenters. The number of nitrogens with zero attached hydrogens (tertiary/aromatic N) is 1. The minimum absolute atomic E-state index is 0.0385. The molecule has 0 heterocycles. The number of phenolic OH excluding ortho intramolecular Hbond substituents is 1. The van der Waals surface area contributed by atoms with Crippen LogP contribution in [0.25, 0.3) is 0 Å². The Kier molecular flexibility index (Phi) is 4.75. The first-order valence-corrected chi connectivity index (χ1v) is 6.63. The van der Waals surface area contributed by atoms with E-state index in [1.54, 1.807) is 24.3 Å². The molecule has 6 heteroatoms. The molecule has 0 saturated carbocycles. The molecule has 2 aromatic carbocycles. The Balaban J connectivity index is 2.37. The molecule has 0 bridgehead atoms. The highest BCUT2D eigenvalue weighted by molar-refractivity contribution is 6.08. The van der Waals surface area contributed by atoms with Gasteiger partial charge in [0.1, 0.15) is 12.3 Å². The summed E-state index contributed by atoms with van der Waals surface area (Å²) >= 11 is 0. The second-order valence-electron chi connectivity index (χ2n) is 4.71. The summed E-state index contributed by atoms with van der Waals surface area (Å²) in [7, 11) is 0. The lowest BCUT2D eigenvalue weighted by molar-refractivity contribution is -0.135. The van der Waals surface area contributed by atoms with E-state index >= 15 is 0 Å². The summed E-state index contributed by atoms with van der Waals surface area (Å²) in [4.78, 5) is 24.8. The fourth-order valence-electron chi connectivity index (χ4n) is 2.04. The normalized spacial score (nSPS) is 10.2. The van der Waals surface area contributed by atoms with Crippen molar-refractivity contribution in [3.63, 3.8) is 0 Å². The van der Waals surface area contributed by atoms with Crippen LogP contribution >= 0.6 is 0 Å². The molecule has 0 radical (unpaired) electrons. The van der Waals surface area contributed by atoms with E-state index in [0.717, 1.165) is 10.5 Å². The minimum Gasteiger partial charge on any atom is -0.508 e. The minimum atomic E-state index is -1.13. The van der Waals surface area contributed by atoms with Crippen LogP contribution in [0.5, 0.6) is 5.75 Å². The van der Waals surface area contributed by atoms with Crippen molar-refractivity contribution in [1.82, 2.24) is 0 Å². The van der Waals surface area contributed by atoms with Gasteiger partial charge in [0.25, 0.3) is 5.91 Å². The number of carboxylic acids is 1. The number of amides is 1. The molecule has 4 N–H and O–H groups in total. The van der Waals surface area contributed by atoms with Crippen LogP contribution in [0, 0.1) is 0 Å². The first-order chi connectivity index (χ1) is 10.5. The number of rotatable bonds is 5. The summed E-state index contributed by atoms with van der Waals surface area (Å²) in [6.45, 7) is -0.185. The zero-order chi connectivity index (χ0) is 16.1. The van der Waals surface area contributed by atoms with Crippen LogP contribution < -0.4 is 10.6 Å². The van der Waals surface area contributed by atoms with Crippen LogP contribution in [-0.4, -0.2) is 28.6 Å². The van der Waals surface area contributed by atoms with Gasteiger partial charge in [0.15, 0.2) is 0 Å². The summed E-state index contributed by atoms with van der Waals surface area (Å²) in [5, 5.41) is 18.3. The molecule has 0 atom stereocenters. The topological polar surface area (TPSA) is 104 Å². The van der Waals surface area contributed by atoms with Gasteiger partial charge < -0.3 is 15.9 Å². The lowest BCUT2D eigenvalue weighted by atomic mass is 10.1. The van der Waals surface area contributed by atoms with Crippen molar-refractivity contribution < 1.29 is 19.8 Å². The van der Waals surface area contributed by atoms with E-state index in [1.807, 2.05) is 0 Å². The molecule has 0 aliphatic rings. The number of hydrogen-bond donors (Lipinski definition) is 3. The Morgan fingerprint density at radius 1 is 1.09 bits per heavy atom. The number of phenols is 1. The third kappa shape index (κ3) is 3.62. The summed E-state index contributed by atoms with van der Waals surface area (Å²) in [6.07, 6.45) is 0. The van der Waals surface area contributed by atoms with Gasteiger partial charge in [0, 0.05) is 17.8 Å². The van der Waals surface area contributed by atoms with E-state index in [-0.39, 0.29) is 5.75 Å². The van der Waals surface area contributed by atoms with Gasteiger partial charge in [0.2, 0.25) is 0 Å². The van der Waals surface area contributed by atoms with Gasteiger partial charge in [-0.1, -0.05) is 12.1 Å². The van der Waals surface area contributed by atoms with E-state index in [0.29, 0.717) is 17.8 Å². The Morgan fingerprint density at radius 2 is 1.77 bits per heavy atom. The molecule has 0 aliphatic carbocycles. The number of carbonyl (C=O) groups is 2. The largest absolute Gasteiger partial charge is 0.508 e. The second-order valence-corrected chi connectivity index (χ2v) is 4.71. The van der Waals surface area contributed by atoms with Crippen molar-refractivity contribution >= 4 is 17.6 Å². The van der Waals surface area contributed by atoms with Crippen molar-refractivity contribution in [2.75, 3.05) is 11.4 Å². The Labute approximate surface area is 127 Å². The quantitative estimate of drug-likeness (QED) is 0.777.